The molecule has 3 heteroatoms. The maximum atomic E-state index is 5.32. The minimum atomic E-state index is 0.912. The maximum Gasteiger partial charge on any atom is 0.0788 e. The van der Waals surface area contributed by atoms with Crippen LogP contribution in [-0.2, 0) is 0 Å². The standard InChI is InChI=1S/C49H31N3/c1-2-11-35-29-38(26-23-32(35)10-1)49-44-30-43(40-15-3-4-16-41(40)48(44)42-17-5-6-18-47(42)52-49)34-24-21-33(22-25-34)36-12-7-13-37(28-36)45-19-8-20-46(51-45)39-14-9-27-50-31-39/h1-31H. The Kier molecular flexibility index (Phi) is 7.14. The lowest BCUT2D eigenvalue weighted by Gasteiger charge is -2.16. The van der Waals surface area contributed by atoms with Crippen LogP contribution in [0.1, 0.15) is 0 Å². The molecule has 0 saturated heterocycles. The third-order valence-corrected chi connectivity index (χ3v) is 10.1. The summed E-state index contributed by atoms with van der Waals surface area (Å²) in [6.07, 6.45) is 3.64. The summed E-state index contributed by atoms with van der Waals surface area (Å²) in [7, 11) is 0. The van der Waals surface area contributed by atoms with Gasteiger partial charge in [0.25, 0.3) is 0 Å². The molecule has 0 radical (unpaired) electrons. The highest BCUT2D eigenvalue weighted by Crippen LogP contribution is 2.42. The van der Waals surface area contributed by atoms with E-state index >= 15 is 0 Å². The van der Waals surface area contributed by atoms with Gasteiger partial charge in [0, 0.05) is 45.2 Å². The predicted molar refractivity (Wildman–Crippen MR) is 217 cm³/mol. The van der Waals surface area contributed by atoms with E-state index in [2.05, 4.69) is 163 Å². The zero-order chi connectivity index (χ0) is 34.4. The number of para-hydroxylation sites is 1. The first kappa shape index (κ1) is 29.9. The van der Waals surface area contributed by atoms with Crippen molar-refractivity contribution in [2.24, 2.45) is 0 Å². The van der Waals surface area contributed by atoms with Gasteiger partial charge in [0.15, 0.2) is 0 Å². The van der Waals surface area contributed by atoms with E-state index in [9.17, 15) is 0 Å². The molecule has 0 bridgehead atoms. The molecule has 10 aromatic rings. The Hall–Kier alpha value is -6.97. The largest absolute Gasteiger partial charge is 0.264 e. The second kappa shape index (κ2) is 12.4. The van der Waals surface area contributed by atoms with Crippen molar-refractivity contribution in [3.63, 3.8) is 0 Å². The molecule has 3 aromatic heterocycles. The van der Waals surface area contributed by atoms with Gasteiger partial charge in [-0.1, -0.05) is 127 Å². The van der Waals surface area contributed by atoms with Crippen molar-refractivity contribution in [2.75, 3.05) is 0 Å². The minimum absolute atomic E-state index is 0.912. The highest BCUT2D eigenvalue weighted by atomic mass is 14.7. The molecule has 242 valence electrons. The van der Waals surface area contributed by atoms with Gasteiger partial charge in [-0.3, -0.25) is 4.98 Å². The Labute approximate surface area is 301 Å². The van der Waals surface area contributed by atoms with Gasteiger partial charge in [-0.15, -0.1) is 0 Å². The second-order valence-electron chi connectivity index (χ2n) is 13.2. The molecule has 0 aliphatic rings. The third kappa shape index (κ3) is 5.19. The lowest BCUT2D eigenvalue weighted by atomic mass is 9.89. The number of rotatable bonds is 5. The van der Waals surface area contributed by atoms with Gasteiger partial charge in [-0.25, -0.2) is 9.97 Å². The predicted octanol–water partition coefficient (Wildman–Crippen LogP) is 12.8. The lowest BCUT2D eigenvalue weighted by molar-refractivity contribution is 1.28. The zero-order valence-electron chi connectivity index (χ0n) is 28.2. The lowest BCUT2D eigenvalue weighted by Crippen LogP contribution is -1.93. The topological polar surface area (TPSA) is 38.7 Å². The smallest absolute Gasteiger partial charge is 0.0788 e. The van der Waals surface area contributed by atoms with E-state index in [-0.39, 0.29) is 0 Å². The second-order valence-corrected chi connectivity index (χ2v) is 13.2. The van der Waals surface area contributed by atoms with Gasteiger partial charge in [0.05, 0.1) is 22.6 Å². The van der Waals surface area contributed by atoms with E-state index in [1.807, 2.05) is 24.4 Å². The normalized spacial score (nSPS) is 11.5. The number of pyridine rings is 3. The summed E-state index contributed by atoms with van der Waals surface area (Å²) in [4.78, 5) is 14.6. The number of aromatic nitrogens is 3. The molecule has 0 atom stereocenters. The monoisotopic (exact) mass is 661 g/mol. The zero-order valence-corrected chi connectivity index (χ0v) is 28.2. The highest BCUT2D eigenvalue weighted by molar-refractivity contribution is 6.25. The molecular weight excluding hydrogens is 631 g/mol. The van der Waals surface area contributed by atoms with Gasteiger partial charge in [0.1, 0.15) is 0 Å². The van der Waals surface area contributed by atoms with Gasteiger partial charge in [0.2, 0.25) is 0 Å². The quantitative estimate of drug-likeness (QED) is 0.172. The fourth-order valence-corrected chi connectivity index (χ4v) is 7.58. The van der Waals surface area contributed by atoms with E-state index in [1.54, 1.807) is 6.20 Å². The van der Waals surface area contributed by atoms with E-state index in [4.69, 9.17) is 9.97 Å². The maximum absolute atomic E-state index is 5.32. The summed E-state index contributed by atoms with van der Waals surface area (Å²) in [5.74, 6) is 0. The van der Waals surface area contributed by atoms with Crippen LogP contribution in [0, 0.1) is 0 Å². The van der Waals surface area contributed by atoms with Crippen molar-refractivity contribution in [1.29, 1.82) is 0 Å². The number of benzene rings is 7. The van der Waals surface area contributed by atoms with Crippen LogP contribution in [0.25, 0.3) is 99.2 Å². The Balaban J connectivity index is 1.10. The molecule has 7 aromatic carbocycles. The molecular formula is C49H31N3. The molecule has 0 unspecified atom stereocenters. The number of hydrogen-bond donors (Lipinski definition) is 0. The van der Waals surface area contributed by atoms with Crippen molar-refractivity contribution in [1.82, 2.24) is 15.0 Å². The van der Waals surface area contributed by atoms with Crippen molar-refractivity contribution in [3.05, 3.63) is 188 Å². The van der Waals surface area contributed by atoms with Crippen molar-refractivity contribution < 1.29 is 0 Å². The van der Waals surface area contributed by atoms with Crippen molar-refractivity contribution >= 4 is 43.2 Å². The Morgan fingerprint density at radius 1 is 0.346 bits per heavy atom. The van der Waals surface area contributed by atoms with Crippen LogP contribution in [0.3, 0.4) is 0 Å². The van der Waals surface area contributed by atoms with Crippen molar-refractivity contribution in [2.45, 2.75) is 0 Å². The molecule has 10 rings (SSSR count). The molecule has 0 N–H and O–H groups in total. The van der Waals surface area contributed by atoms with Crippen LogP contribution < -0.4 is 0 Å². The average Bonchev–Trinajstić information content (AvgIpc) is 3.23. The number of nitrogens with zero attached hydrogens (tertiary/aromatic N) is 3. The van der Waals surface area contributed by atoms with E-state index in [1.165, 1.54) is 43.4 Å². The van der Waals surface area contributed by atoms with Gasteiger partial charge < -0.3 is 0 Å². The Morgan fingerprint density at radius 3 is 1.87 bits per heavy atom. The molecule has 52 heavy (non-hydrogen) atoms. The van der Waals surface area contributed by atoms with Crippen LogP contribution in [0.2, 0.25) is 0 Å². The first-order valence-electron chi connectivity index (χ1n) is 17.6. The molecule has 0 aliphatic carbocycles. The van der Waals surface area contributed by atoms with Crippen LogP contribution in [0.15, 0.2) is 188 Å². The van der Waals surface area contributed by atoms with Crippen LogP contribution in [0.5, 0.6) is 0 Å². The van der Waals surface area contributed by atoms with E-state index in [0.29, 0.717) is 0 Å². The third-order valence-electron chi connectivity index (χ3n) is 10.1. The summed E-state index contributed by atoms with van der Waals surface area (Å²) >= 11 is 0. The van der Waals surface area contributed by atoms with E-state index < -0.39 is 0 Å². The Morgan fingerprint density at radius 2 is 1.02 bits per heavy atom. The summed E-state index contributed by atoms with van der Waals surface area (Å²) in [5, 5.41) is 8.45. The summed E-state index contributed by atoms with van der Waals surface area (Å²) in [6.45, 7) is 0. The van der Waals surface area contributed by atoms with Gasteiger partial charge >= 0.3 is 0 Å². The van der Waals surface area contributed by atoms with E-state index in [0.717, 1.165) is 55.8 Å². The van der Waals surface area contributed by atoms with Crippen LogP contribution in [-0.4, -0.2) is 15.0 Å². The highest BCUT2D eigenvalue weighted by Gasteiger charge is 2.17. The average molecular weight is 662 g/mol. The molecule has 0 saturated carbocycles. The molecule has 0 aliphatic heterocycles. The first-order chi connectivity index (χ1) is 25.8. The molecule has 0 fully saturated rings. The van der Waals surface area contributed by atoms with Crippen LogP contribution >= 0.6 is 0 Å². The first-order valence-corrected chi connectivity index (χ1v) is 17.6. The van der Waals surface area contributed by atoms with Crippen LogP contribution in [0.4, 0.5) is 0 Å². The van der Waals surface area contributed by atoms with Crippen molar-refractivity contribution in [3.8, 4) is 56.0 Å². The SMILES string of the molecule is c1cncc(-c2cccc(-c3cccc(-c4ccc(-c5cc6c(-c7ccc8ccccc8c7)nc7ccccc7c6c6ccccc56)cc4)c3)n2)c1. The fourth-order valence-electron chi connectivity index (χ4n) is 7.58. The van der Waals surface area contributed by atoms with Gasteiger partial charge in [-0.05, 0) is 92.3 Å². The van der Waals surface area contributed by atoms with Gasteiger partial charge in [-0.2, -0.15) is 0 Å². The number of fused-ring (bicyclic) bond motifs is 6. The molecule has 3 nitrogen and oxygen atoms in total. The summed E-state index contributed by atoms with van der Waals surface area (Å²) in [5.41, 5.74) is 11.7. The fraction of sp³-hybridized carbons (Fsp3) is 0. The molecule has 0 amide bonds. The number of hydrogen-bond acceptors (Lipinski definition) is 3. The summed E-state index contributed by atoms with van der Waals surface area (Å²) in [6, 6.07) is 62.6. The molecule has 0 spiro atoms. The molecule has 3 heterocycles. The minimum Gasteiger partial charge on any atom is -0.264 e. The Bertz CT molecular complexity index is 2950. The summed E-state index contributed by atoms with van der Waals surface area (Å²) < 4.78 is 0.